The lowest BCUT2D eigenvalue weighted by Crippen LogP contribution is -2.30. The highest BCUT2D eigenvalue weighted by Crippen LogP contribution is 2.44. The first kappa shape index (κ1) is 19.6. The van der Waals surface area contributed by atoms with Crippen molar-refractivity contribution >= 4 is 5.71 Å². The van der Waals surface area contributed by atoms with Gasteiger partial charge in [0.25, 0.3) is 6.43 Å². The Morgan fingerprint density at radius 1 is 1.21 bits per heavy atom. The van der Waals surface area contributed by atoms with Gasteiger partial charge < -0.3 is 14.0 Å². The summed E-state index contributed by atoms with van der Waals surface area (Å²) in [5.74, 6) is 0.962. The summed E-state index contributed by atoms with van der Waals surface area (Å²) >= 11 is 0. The van der Waals surface area contributed by atoms with E-state index in [1.165, 1.54) is 17.7 Å². The van der Waals surface area contributed by atoms with E-state index in [0.717, 1.165) is 48.1 Å². The number of aliphatic imine (C=N–C) groups is 1. The molecule has 1 aliphatic heterocycles. The molecular weight excluding hydrogens is 378 g/mol. The van der Waals surface area contributed by atoms with E-state index in [-0.39, 0.29) is 17.5 Å². The summed E-state index contributed by atoms with van der Waals surface area (Å²) in [6.07, 6.45) is 3.44. The van der Waals surface area contributed by atoms with Crippen LogP contribution >= 0.6 is 0 Å². The Labute approximate surface area is 168 Å². The van der Waals surface area contributed by atoms with E-state index < -0.39 is 13.0 Å². The average molecular weight is 402 g/mol. The summed E-state index contributed by atoms with van der Waals surface area (Å²) in [5.41, 5.74) is 3.53. The Hall–Kier alpha value is -2.70. The van der Waals surface area contributed by atoms with Gasteiger partial charge in [0.2, 0.25) is 5.56 Å². The highest BCUT2D eigenvalue weighted by molar-refractivity contribution is 6.14. The van der Waals surface area contributed by atoms with Crippen LogP contribution in [0.3, 0.4) is 0 Å². The largest absolute Gasteiger partial charge is 0.493 e. The summed E-state index contributed by atoms with van der Waals surface area (Å²) in [4.78, 5) is 16.9. The fraction of sp³-hybridized carbons (Fsp3) is 0.455. The SMILES string of the molecule is COc1cc2c(cc1OCC(F)F)[C@H]1CCCC[C@H]1N=C2c1ccc(=O)n(C)c1. The molecule has 0 radical (unpaired) electrons. The summed E-state index contributed by atoms with van der Waals surface area (Å²) in [6, 6.07) is 7.12. The summed E-state index contributed by atoms with van der Waals surface area (Å²) in [5, 5.41) is 0. The van der Waals surface area contributed by atoms with Gasteiger partial charge in [0.05, 0.1) is 18.9 Å². The van der Waals surface area contributed by atoms with Crippen LogP contribution in [0.4, 0.5) is 8.78 Å². The predicted octanol–water partition coefficient (Wildman–Crippen LogP) is 3.92. The van der Waals surface area contributed by atoms with E-state index in [9.17, 15) is 13.6 Å². The maximum Gasteiger partial charge on any atom is 0.272 e. The van der Waals surface area contributed by atoms with Crippen LogP contribution in [-0.4, -0.2) is 36.5 Å². The lowest BCUT2D eigenvalue weighted by molar-refractivity contribution is 0.0803. The highest BCUT2D eigenvalue weighted by Gasteiger charge is 2.34. The molecule has 2 heterocycles. The molecular formula is C22H24F2N2O3. The maximum absolute atomic E-state index is 12.7. The Kier molecular flexibility index (Phi) is 5.39. The van der Waals surface area contributed by atoms with Crippen LogP contribution in [0.15, 0.2) is 40.2 Å². The molecule has 0 spiro atoms. The molecule has 2 atom stereocenters. The molecule has 1 aliphatic carbocycles. The molecule has 29 heavy (non-hydrogen) atoms. The molecule has 2 aromatic rings. The van der Waals surface area contributed by atoms with Crippen molar-refractivity contribution in [2.24, 2.45) is 12.0 Å². The fourth-order valence-corrected chi connectivity index (χ4v) is 4.34. The first-order valence-corrected chi connectivity index (χ1v) is 9.86. The van der Waals surface area contributed by atoms with Crippen molar-refractivity contribution in [3.63, 3.8) is 0 Å². The number of alkyl halides is 2. The van der Waals surface area contributed by atoms with E-state index in [1.54, 1.807) is 19.3 Å². The van der Waals surface area contributed by atoms with E-state index >= 15 is 0 Å². The molecule has 1 aromatic heterocycles. The van der Waals surface area contributed by atoms with E-state index in [0.29, 0.717) is 11.5 Å². The third-order valence-electron chi connectivity index (χ3n) is 5.74. The smallest absolute Gasteiger partial charge is 0.272 e. The lowest BCUT2D eigenvalue weighted by atomic mass is 9.75. The Morgan fingerprint density at radius 2 is 2.00 bits per heavy atom. The second kappa shape index (κ2) is 7.97. The number of aromatic nitrogens is 1. The van der Waals surface area contributed by atoms with Gasteiger partial charge in [-0.2, -0.15) is 0 Å². The molecule has 1 saturated carbocycles. The first-order chi connectivity index (χ1) is 14.0. The standard InChI is InChI=1S/C22H24F2N2O3/c1-26-11-13(7-8-21(26)27)22-16-10-18(28-2)19(29-12-20(23)24)9-15(16)14-5-3-4-6-17(14)25-22/h7-11,14,17,20H,3-6,12H2,1-2H3/t14-,17-/m1/s1. The van der Waals surface area contributed by atoms with Crippen molar-refractivity contribution in [2.45, 2.75) is 44.1 Å². The van der Waals surface area contributed by atoms with Crippen LogP contribution in [0.2, 0.25) is 0 Å². The minimum absolute atomic E-state index is 0.0887. The number of hydrogen-bond donors (Lipinski definition) is 0. The minimum Gasteiger partial charge on any atom is -0.493 e. The van der Waals surface area contributed by atoms with Crippen LogP contribution in [0, 0.1) is 0 Å². The van der Waals surface area contributed by atoms with Crippen LogP contribution < -0.4 is 15.0 Å². The van der Waals surface area contributed by atoms with Crippen molar-refractivity contribution < 1.29 is 18.3 Å². The first-order valence-electron chi connectivity index (χ1n) is 9.86. The quantitative estimate of drug-likeness (QED) is 0.762. The van der Waals surface area contributed by atoms with Crippen molar-refractivity contribution in [3.8, 4) is 11.5 Å². The molecule has 2 aliphatic rings. The van der Waals surface area contributed by atoms with Gasteiger partial charge in [-0.3, -0.25) is 9.79 Å². The zero-order chi connectivity index (χ0) is 20.5. The second-order valence-corrected chi connectivity index (χ2v) is 7.60. The summed E-state index contributed by atoms with van der Waals surface area (Å²) in [6.45, 7) is -0.676. The summed E-state index contributed by atoms with van der Waals surface area (Å²) in [7, 11) is 3.20. The average Bonchev–Trinajstić information content (AvgIpc) is 2.73. The van der Waals surface area contributed by atoms with Crippen LogP contribution in [0.5, 0.6) is 11.5 Å². The van der Waals surface area contributed by atoms with Crippen LogP contribution in [-0.2, 0) is 7.05 Å². The van der Waals surface area contributed by atoms with E-state index in [4.69, 9.17) is 14.5 Å². The summed E-state index contributed by atoms with van der Waals surface area (Å²) < 4.78 is 37.7. The molecule has 4 rings (SSSR count). The number of hydrogen-bond acceptors (Lipinski definition) is 4. The number of rotatable bonds is 5. The molecule has 1 aromatic carbocycles. The number of aryl methyl sites for hydroxylation is 1. The van der Waals surface area contributed by atoms with Gasteiger partial charge in [-0.1, -0.05) is 12.8 Å². The molecule has 0 unspecified atom stereocenters. The topological polar surface area (TPSA) is 52.8 Å². The third-order valence-corrected chi connectivity index (χ3v) is 5.74. The van der Waals surface area contributed by atoms with Crippen molar-refractivity contribution in [3.05, 3.63) is 57.5 Å². The molecule has 0 N–H and O–H groups in total. The zero-order valence-electron chi connectivity index (χ0n) is 16.5. The van der Waals surface area contributed by atoms with E-state index in [1.807, 2.05) is 12.1 Å². The van der Waals surface area contributed by atoms with Gasteiger partial charge in [0.1, 0.15) is 6.61 Å². The fourth-order valence-electron chi connectivity index (χ4n) is 4.34. The third kappa shape index (κ3) is 3.78. The van der Waals surface area contributed by atoms with Crippen molar-refractivity contribution in [2.75, 3.05) is 13.7 Å². The number of benzene rings is 1. The number of ether oxygens (including phenoxy) is 2. The molecule has 0 saturated heterocycles. The van der Waals surface area contributed by atoms with Crippen molar-refractivity contribution in [1.29, 1.82) is 0 Å². The van der Waals surface area contributed by atoms with Gasteiger partial charge in [-0.15, -0.1) is 0 Å². The second-order valence-electron chi connectivity index (χ2n) is 7.60. The molecule has 5 nitrogen and oxygen atoms in total. The highest BCUT2D eigenvalue weighted by atomic mass is 19.3. The van der Waals surface area contributed by atoms with E-state index in [2.05, 4.69) is 0 Å². The molecule has 7 heteroatoms. The van der Waals surface area contributed by atoms with Gasteiger partial charge in [-0.05, 0) is 36.6 Å². The molecule has 154 valence electrons. The predicted molar refractivity (Wildman–Crippen MR) is 107 cm³/mol. The number of pyridine rings is 1. The Morgan fingerprint density at radius 3 is 2.72 bits per heavy atom. The number of methoxy groups -OCH3 is 1. The maximum atomic E-state index is 12.7. The lowest BCUT2D eigenvalue weighted by Gasteiger charge is -2.36. The minimum atomic E-state index is -2.55. The normalized spacial score (nSPS) is 20.7. The molecule has 0 bridgehead atoms. The van der Waals surface area contributed by atoms with Crippen LogP contribution in [0.1, 0.15) is 48.3 Å². The number of halogens is 2. The van der Waals surface area contributed by atoms with Gasteiger partial charge >= 0.3 is 0 Å². The molecule has 0 amide bonds. The Balaban J connectivity index is 1.85. The van der Waals surface area contributed by atoms with Crippen molar-refractivity contribution in [1.82, 2.24) is 4.57 Å². The van der Waals surface area contributed by atoms with Gasteiger partial charge in [0.15, 0.2) is 11.5 Å². The Bertz CT molecular complexity index is 1000. The number of fused-ring (bicyclic) bond motifs is 3. The van der Waals surface area contributed by atoms with Crippen LogP contribution in [0.25, 0.3) is 0 Å². The zero-order valence-corrected chi connectivity index (χ0v) is 16.5. The number of nitrogens with zero attached hydrogens (tertiary/aromatic N) is 2. The van der Waals surface area contributed by atoms with Gasteiger partial charge in [-0.25, -0.2) is 8.78 Å². The van der Waals surface area contributed by atoms with Gasteiger partial charge in [0, 0.05) is 36.4 Å². The monoisotopic (exact) mass is 402 g/mol. The molecule has 1 fully saturated rings.